The molecule has 0 aliphatic carbocycles. The van der Waals surface area contributed by atoms with Crippen molar-refractivity contribution in [3.8, 4) is 0 Å². The molecule has 5 N–H and O–H groups in total. The Bertz CT molecular complexity index is 549. The summed E-state index contributed by atoms with van der Waals surface area (Å²) in [6, 6.07) is -1.59. The van der Waals surface area contributed by atoms with E-state index in [4.69, 9.17) is 11.5 Å². The van der Waals surface area contributed by atoms with Crippen molar-refractivity contribution >= 4 is 17.5 Å². The van der Waals surface area contributed by atoms with Gasteiger partial charge in [-0.3, -0.25) is 9.59 Å². The summed E-state index contributed by atoms with van der Waals surface area (Å²) in [6.07, 6.45) is -0.665. The van der Waals surface area contributed by atoms with Crippen LogP contribution in [0.3, 0.4) is 0 Å². The van der Waals surface area contributed by atoms with Crippen LogP contribution in [0.1, 0.15) is 6.42 Å². The van der Waals surface area contributed by atoms with Gasteiger partial charge in [-0.1, -0.05) is 0 Å². The van der Waals surface area contributed by atoms with E-state index in [1.165, 1.54) is 5.32 Å². The fourth-order valence-corrected chi connectivity index (χ4v) is 1.24. The third kappa shape index (κ3) is 3.02. The van der Waals surface area contributed by atoms with Crippen molar-refractivity contribution in [2.75, 3.05) is 5.32 Å². The largest absolute Gasteiger partial charge is 0.370 e. The summed E-state index contributed by atoms with van der Waals surface area (Å²) in [4.78, 5) is 21.8. The normalized spacial score (nSPS) is 12.1. The number of hydrogen-bond acceptors (Lipinski definition) is 3. The van der Waals surface area contributed by atoms with Gasteiger partial charge in [-0.25, -0.2) is 22.0 Å². The summed E-state index contributed by atoms with van der Waals surface area (Å²) < 4.78 is 64.9. The van der Waals surface area contributed by atoms with Crippen molar-refractivity contribution in [1.29, 1.82) is 0 Å². The predicted molar refractivity (Wildman–Crippen MR) is 56.6 cm³/mol. The van der Waals surface area contributed by atoms with E-state index in [9.17, 15) is 31.5 Å². The predicted octanol–water partition coefficient (Wildman–Crippen LogP) is 0.523. The molecule has 0 aliphatic heterocycles. The van der Waals surface area contributed by atoms with Gasteiger partial charge in [-0.15, -0.1) is 0 Å². The van der Waals surface area contributed by atoms with Gasteiger partial charge in [0, 0.05) is 0 Å². The van der Waals surface area contributed by atoms with Crippen molar-refractivity contribution in [3.05, 3.63) is 29.1 Å². The second-order valence-electron chi connectivity index (χ2n) is 3.71. The number of halogens is 5. The molecule has 0 fully saturated rings. The molecule has 0 bridgehead atoms. The quantitative estimate of drug-likeness (QED) is 0.429. The van der Waals surface area contributed by atoms with Crippen molar-refractivity contribution in [2.45, 2.75) is 12.5 Å². The maximum Gasteiger partial charge on any atom is 0.241 e. The summed E-state index contributed by atoms with van der Waals surface area (Å²) in [5.74, 6) is -13.6. The number of carbonyl (C=O) groups excluding carboxylic acids is 2. The molecule has 10 heteroatoms. The lowest BCUT2D eigenvalue weighted by atomic mass is 10.2. The molecule has 5 nitrogen and oxygen atoms in total. The Morgan fingerprint density at radius 2 is 1.35 bits per heavy atom. The highest BCUT2D eigenvalue weighted by Gasteiger charge is 2.28. The van der Waals surface area contributed by atoms with Crippen molar-refractivity contribution in [3.63, 3.8) is 0 Å². The van der Waals surface area contributed by atoms with Gasteiger partial charge < -0.3 is 16.8 Å². The van der Waals surface area contributed by atoms with E-state index < -0.39 is 59.1 Å². The van der Waals surface area contributed by atoms with Crippen LogP contribution in [0.15, 0.2) is 0 Å². The first kappa shape index (κ1) is 15.8. The van der Waals surface area contributed by atoms with E-state index in [0.29, 0.717) is 0 Å². The number of nitrogens with one attached hydrogen (secondary N) is 1. The second-order valence-corrected chi connectivity index (χ2v) is 3.71. The van der Waals surface area contributed by atoms with Gasteiger partial charge in [0.1, 0.15) is 5.69 Å². The van der Waals surface area contributed by atoms with E-state index in [-0.39, 0.29) is 0 Å². The molecule has 20 heavy (non-hydrogen) atoms. The molecule has 0 saturated carbocycles. The van der Waals surface area contributed by atoms with E-state index in [1.54, 1.807) is 0 Å². The Kier molecular flexibility index (Phi) is 4.61. The first-order chi connectivity index (χ1) is 9.16. The molecule has 1 aromatic carbocycles. The van der Waals surface area contributed by atoms with E-state index in [1.807, 2.05) is 0 Å². The zero-order valence-electron chi connectivity index (χ0n) is 9.65. The Morgan fingerprint density at radius 1 is 0.950 bits per heavy atom. The Morgan fingerprint density at radius 3 is 1.75 bits per heavy atom. The van der Waals surface area contributed by atoms with Crippen LogP contribution in [0.2, 0.25) is 0 Å². The van der Waals surface area contributed by atoms with Gasteiger partial charge in [-0.2, -0.15) is 0 Å². The highest BCUT2D eigenvalue weighted by atomic mass is 19.2. The highest BCUT2D eigenvalue weighted by molar-refractivity contribution is 5.97. The maximum atomic E-state index is 13.2. The monoisotopic (exact) mass is 297 g/mol. The van der Waals surface area contributed by atoms with Crippen LogP contribution < -0.4 is 16.8 Å². The fourth-order valence-electron chi connectivity index (χ4n) is 1.24. The number of carbonyl (C=O) groups is 2. The van der Waals surface area contributed by atoms with Gasteiger partial charge in [0.25, 0.3) is 0 Å². The van der Waals surface area contributed by atoms with Gasteiger partial charge in [0.05, 0.1) is 12.5 Å². The molecular weight excluding hydrogens is 289 g/mol. The first-order valence-electron chi connectivity index (χ1n) is 5.03. The molecule has 110 valence electrons. The van der Waals surface area contributed by atoms with E-state index in [2.05, 4.69) is 0 Å². The van der Waals surface area contributed by atoms with Crippen molar-refractivity contribution in [2.24, 2.45) is 11.5 Å². The van der Waals surface area contributed by atoms with Crippen molar-refractivity contribution in [1.82, 2.24) is 0 Å². The molecule has 0 radical (unpaired) electrons. The minimum atomic E-state index is -2.36. The second kappa shape index (κ2) is 5.82. The third-order valence-corrected chi connectivity index (χ3v) is 2.22. The molecular formula is C10H8F5N3O2. The summed E-state index contributed by atoms with van der Waals surface area (Å²) >= 11 is 0. The number of nitrogens with two attached hydrogens (primary N) is 2. The lowest BCUT2D eigenvalue weighted by molar-refractivity contribution is -0.123. The smallest absolute Gasteiger partial charge is 0.241 e. The number of benzene rings is 1. The van der Waals surface area contributed by atoms with Crippen LogP contribution in [-0.4, -0.2) is 17.9 Å². The lowest BCUT2D eigenvalue weighted by Gasteiger charge is -2.13. The van der Waals surface area contributed by atoms with Crippen LogP contribution in [-0.2, 0) is 9.59 Å². The molecule has 0 saturated heterocycles. The number of anilines is 1. The molecule has 2 amide bonds. The summed E-state index contributed by atoms with van der Waals surface area (Å²) in [7, 11) is 0. The molecule has 1 rings (SSSR count). The Balaban J connectivity index is 3.10. The van der Waals surface area contributed by atoms with Crippen LogP contribution in [0.5, 0.6) is 0 Å². The average molecular weight is 297 g/mol. The average Bonchev–Trinajstić information content (AvgIpc) is 2.38. The maximum absolute atomic E-state index is 13.2. The number of primary amides is 1. The fraction of sp³-hybridized carbons (Fsp3) is 0.200. The topological polar surface area (TPSA) is 98.2 Å². The molecule has 0 heterocycles. The zero-order valence-corrected chi connectivity index (χ0v) is 9.65. The van der Waals surface area contributed by atoms with Gasteiger partial charge >= 0.3 is 0 Å². The first-order valence-corrected chi connectivity index (χ1v) is 5.03. The number of rotatable bonds is 4. The zero-order chi connectivity index (χ0) is 15.6. The molecule has 0 aliphatic rings. The van der Waals surface area contributed by atoms with Crippen LogP contribution in [0.4, 0.5) is 27.6 Å². The SMILES string of the molecule is NC(=O)CC(N)C(=O)Nc1c(F)c(F)c(F)c(F)c1F. The van der Waals surface area contributed by atoms with E-state index in [0.717, 1.165) is 0 Å². The summed E-state index contributed by atoms with van der Waals surface area (Å²) in [6.45, 7) is 0. The number of amides is 2. The highest BCUT2D eigenvalue weighted by Crippen LogP contribution is 2.27. The Hall–Kier alpha value is -2.23. The van der Waals surface area contributed by atoms with Gasteiger partial charge in [0.15, 0.2) is 23.3 Å². The minimum Gasteiger partial charge on any atom is -0.370 e. The van der Waals surface area contributed by atoms with Gasteiger partial charge in [0.2, 0.25) is 17.6 Å². The summed E-state index contributed by atoms with van der Waals surface area (Å²) in [5.41, 5.74) is 8.34. The van der Waals surface area contributed by atoms with Gasteiger partial charge in [-0.05, 0) is 0 Å². The van der Waals surface area contributed by atoms with E-state index >= 15 is 0 Å². The van der Waals surface area contributed by atoms with Crippen LogP contribution in [0, 0.1) is 29.1 Å². The third-order valence-electron chi connectivity index (χ3n) is 2.22. The lowest BCUT2D eigenvalue weighted by Crippen LogP contribution is -2.39. The van der Waals surface area contributed by atoms with Crippen molar-refractivity contribution < 1.29 is 31.5 Å². The summed E-state index contributed by atoms with van der Waals surface area (Å²) in [5, 5.41) is 1.42. The molecule has 1 unspecified atom stereocenters. The van der Waals surface area contributed by atoms with Crippen LogP contribution >= 0.6 is 0 Å². The molecule has 1 atom stereocenters. The molecule has 1 aromatic rings. The molecule has 0 aromatic heterocycles. The molecule has 0 spiro atoms. The minimum absolute atomic E-state index is 0.665. The Labute approximate surface area is 108 Å². The number of hydrogen-bond donors (Lipinski definition) is 3. The standard InChI is InChI=1S/C10H8F5N3O2/c11-4-5(12)7(14)9(8(15)6(4)13)18-10(20)2(16)1-3(17)19/h2H,1,16H2,(H2,17,19)(H,18,20). The van der Waals surface area contributed by atoms with Crippen LogP contribution in [0.25, 0.3) is 0 Å².